The van der Waals surface area contributed by atoms with Crippen molar-refractivity contribution >= 4 is 53.6 Å². The first kappa shape index (κ1) is 31.7. The topological polar surface area (TPSA) is 136 Å². The molecule has 36 heavy (non-hydrogen) atoms. The van der Waals surface area contributed by atoms with E-state index in [2.05, 4.69) is 15.2 Å². The van der Waals surface area contributed by atoms with Crippen LogP contribution in [0.15, 0.2) is 30.5 Å². The minimum absolute atomic E-state index is 0. The number of hydrogen-bond donors (Lipinski definition) is 3. The number of nitrogens with two attached hydrogens (primary N) is 1. The molecule has 0 bridgehead atoms. The van der Waals surface area contributed by atoms with Crippen molar-refractivity contribution in [3.8, 4) is 0 Å². The van der Waals surface area contributed by atoms with Crippen molar-refractivity contribution in [1.82, 2.24) is 15.2 Å². The average Bonchev–Trinajstić information content (AvgIpc) is 3.25. The second kappa shape index (κ2) is 16.4. The van der Waals surface area contributed by atoms with Gasteiger partial charge in [0.1, 0.15) is 18.7 Å². The van der Waals surface area contributed by atoms with E-state index < -0.39 is 24.0 Å². The summed E-state index contributed by atoms with van der Waals surface area (Å²) in [4.78, 5) is 42.6. The van der Waals surface area contributed by atoms with Gasteiger partial charge in [-0.2, -0.15) is 0 Å². The summed E-state index contributed by atoms with van der Waals surface area (Å²) in [5.74, 6) is -1.43. The van der Waals surface area contributed by atoms with Crippen LogP contribution in [0, 0.1) is 0 Å². The number of esters is 2. The van der Waals surface area contributed by atoms with Crippen molar-refractivity contribution in [2.75, 3.05) is 46.1 Å². The summed E-state index contributed by atoms with van der Waals surface area (Å²) in [5.41, 5.74) is 7.63. The first-order chi connectivity index (χ1) is 16.5. The van der Waals surface area contributed by atoms with Crippen LogP contribution in [0.5, 0.6) is 0 Å². The molecular weight excluding hydrogens is 511 g/mol. The molecule has 4 N–H and O–H groups in total. The lowest BCUT2D eigenvalue weighted by Gasteiger charge is -2.26. The Kier molecular flexibility index (Phi) is 14.4. The number of halogens is 2. The number of ether oxygens (including phenoxy) is 3. The van der Waals surface area contributed by atoms with Crippen molar-refractivity contribution in [2.24, 2.45) is 5.73 Å². The number of benzene rings is 1. The molecule has 1 aliphatic rings. The number of aromatic nitrogens is 1. The van der Waals surface area contributed by atoms with E-state index in [1.165, 1.54) is 0 Å². The fraction of sp³-hybridized carbons (Fsp3) is 0.542. The van der Waals surface area contributed by atoms with Gasteiger partial charge in [-0.1, -0.05) is 18.2 Å². The van der Waals surface area contributed by atoms with Gasteiger partial charge >= 0.3 is 11.9 Å². The minimum atomic E-state index is -0.891. The van der Waals surface area contributed by atoms with Crippen LogP contribution in [0.25, 0.3) is 10.9 Å². The molecule has 2 atom stereocenters. The molecule has 3 rings (SSSR count). The molecule has 1 saturated heterocycles. The van der Waals surface area contributed by atoms with Crippen LogP contribution in [-0.4, -0.2) is 85.9 Å². The van der Waals surface area contributed by atoms with E-state index in [0.29, 0.717) is 19.8 Å². The zero-order valence-corrected chi connectivity index (χ0v) is 22.0. The predicted octanol–water partition coefficient (Wildman–Crippen LogP) is 1.58. The summed E-state index contributed by atoms with van der Waals surface area (Å²) in [6.07, 6.45) is 2.22. The number of carbonyl (C=O) groups excluding carboxylic acids is 3. The minimum Gasteiger partial charge on any atom is -0.465 e. The number of fused-ring (bicyclic) bond motifs is 1. The number of para-hydroxylation sites is 1. The van der Waals surface area contributed by atoms with Gasteiger partial charge in [0.15, 0.2) is 0 Å². The van der Waals surface area contributed by atoms with Crippen LogP contribution in [-0.2, 0) is 35.0 Å². The first-order valence-electron chi connectivity index (χ1n) is 11.7. The van der Waals surface area contributed by atoms with Crippen molar-refractivity contribution in [3.63, 3.8) is 0 Å². The van der Waals surface area contributed by atoms with Gasteiger partial charge in [-0.05, 0) is 25.0 Å². The van der Waals surface area contributed by atoms with E-state index in [1.54, 1.807) is 6.92 Å². The van der Waals surface area contributed by atoms with Crippen molar-refractivity contribution < 1.29 is 28.6 Å². The predicted molar refractivity (Wildman–Crippen MR) is 140 cm³/mol. The van der Waals surface area contributed by atoms with Crippen molar-refractivity contribution in [3.05, 3.63) is 36.0 Å². The van der Waals surface area contributed by atoms with Gasteiger partial charge in [-0.3, -0.25) is 14.5 Å². The van der Waals surface area contributed by atoms with E-state index in [9.17, 15) is 14.4 Å². The van der Waals surface area contributed by atoms with E-state index in [0.717, 1.165) is 29.6 Å². The third-order valence-corrected chi connectivity index (χ3v) is 5.75. The fourth-order valence-corrected chi connectivity index (χ4v) is 3.83. The first-order valence-corrected chi connectivity index (χ1v) is 11.7. The molecule has 202 valence electrons. The van der Waals surface area contributed by atoms with Crippen LogP contribution >= 0.6 is 24.8 Å². The number of hydrogen-bond acceptors (Lipinski definition) is 8. The lowest BCUT2D eigenvalue weighted by Crippen LogP contribution is -2.45. The van der Waals surface area contributed by atoms with Crippen molar-refractivity contribution in [2.45, 2.75) is 38.3 Å². The normalized spacial score (nSPS) is 15.2. The molecule has 1 fully saturated rings. The van der Waals surface area contributed by atoms with Gasteiger partial charge in [0.05, 0.1) is 19.8 Å². The molecule has 1 amide bonds. The number of nitrogens with zero attached hydrogens (tertiary/aromatic N) is 1. The van der Waals surface area contributed by atoms with Gasteiger partial charge in [0.25, 0.3) is 0 Å². The molecule has 10 nitrogen and oxygen atoms in total. The van der Waals surface area contributed by atoms with E-state index >= 15 is 0 Å². The maximum Gasteiger partial charge on any atom is 0.329 e. The Labute approximate surface area is 223 Å². The largest absolute Gasteiger partial charge is 0.465 e. The van der Waals surface area contributed by atoms with E-state index in [1.807, 2.05) is 30.5 Å². The van der Waals surface area contributed by atoms with Crippen LogP contribution in [0.3, 0.4) is 0 Å². The number of aromatic amines is 1. The number of H-pyrrole nitrogens is 1. The lowest BCUT2D eigenvalue weighted by atomic mass is 10.0. The molecule has 2 aromatic rings. The number of nitrogens with one attached hydrogen (secondary N) is 2. The van der Waals surface area contributed by atoms with Crippen LogP contribution in [0.2, 0.25) is 0 Å². The van der Waals surface area contributed by atoms with Crippen LogP contribution in [0.1, 0.15) is 25.3 Å². The maximum atomic E-state index is 12.9. The third kappa shape index (κ3) is 9.59. The SMILES string of the molecule is CCOC(=O)[C@H](N)CCC(=O)N[C@H](Cc1c[nH]c2ccccc12)C(=O)OCCN1CCOCC1.Cl.Cl. The van der Waals surface area contributed by atoms with Gasteiger partial charge in [0.2, 0.25) is 5.91 Å². The van der Waals surface area contributed by atoms with Gasteiger partial charge < -0.3 is 30.2 Å². The van der Waals surface area contributed by atoms with Gasteiger partial charge in [0, 0.05) is 49.6 Å². The Hall–Kier alpha value is -2.37. The number of carbonyl (C=O) groups is 3. The highest BCUT2D eigenvalue weighted by Gasteiger charge is 2.25. The van der Waals surface area contributed by atoms with E-state index in [4.69, 9.17) is 19.9 Å². The van der Waals surface area contributed by atoms with E-state index in [-0.39, 0.29) is 63.2 Å². The zero-order valence-electron chi connectivity index (χ0n) is 20.4. The molecule has 1 aliphatic heterocycles. The van der Waals surface area contributed by atoms with Gasteiger partial charge in [-0.15, -0.1) is 24.8 Å². The average molecular weight is 547 g/mol. The zero-order chi connectivity index (χ0) is 24.3. The molecule has 1 aromatic heterocycles. The summed E-state index contributed by atoms with van der Waals surface area (Å²) in [6, 6.07) is 6.00. The second-order valence-electron chi connectivity index (χ2n) is 8.20. The summed E-state index contributed by atoms with van der Waals surface area (Å²) in [5, 5.41) is 3.74. The van der Waals surface area contributed by atoms with Crippen LogP contribution in [0.4, 0.5) is 0 Å². The molecular formula is C24H36Cl2N4O6. The number of rotatable bonds is 12. The maximum absolute atomic E-state index is 12.9. The number of morpholine rings is 1. The Morgan fingerprint density at radius 2 is 1.86 bits per heavy atom. The third-order valence-electron chi connectivity index (χ3n) is 5.75. The molecule has 12 heteroatoms. The lowest BCUT2D eigenvalue weighted by molar-refractivity contribution is -0.149. The molecule has 0 unspecified atom stereocenters. The summed E-state index contributed by atoms with van der Waals surface area (Å²) < 4.78 is 15.7. The monoisotopic (exact) mass is 546 g/mol. The Morgan fingerprint density at radius 1 is 1.14 bits per heavy atom. The Balaban J connectivity index is 0.00000324. The molecule has 2 heterocycles. The highest BCUT2D eigenvalue weighted by Crippen LogP contribution is 2.19. The molecule has 1 aromatic carbocycles. The Bertz CT molecular complexity index is 967. The quantitative estimate of drug-likeness (QED) is 0.341. The highest BCUT2D eigenvalue weighted by atomic mass is 35.5. The van der Waals surface area contributed by atoms with Gasteiger partial charge in [-0.25, -0.2) is 4.79 Å². The summed E-state index contributed by atoms with van der Waals surface area (Å²) in [7, 11) is 0. The van der Waals surface area contributed by atoms with Crippen LogP contribution < -0.4 is 11.1 Å². The molecule has 0 radical (unpaired) electrons. The fourth-order valence-electron chi connectivity index (χ4n) is 3.83. The highest BCUT2D eigenvalue weighted by molar-refractivity contribution is 5.87. The molecule has 0 spiro atoms. The summed E-state index contributed by atoms with van der Waals surface area (Å²) in [6.45, 7) is 5.69. The summed E-state index contributed by atoms with van der Waals surface area (Å²) >= 11 is 0. The Morgan fingerprint density at radius 3 is 2.58 bits per heavy atom. The molecule has 0 saturated carbocycles. The smallest absolute Gasteiger partial charge is 0.329 e. The number of amides is 1. The standard InChI is InChI=1S/C24H34N4O6.2ClH/c1-2-33-23(30)19(25)7-8-22(29)27-21(15-17-16-26-20-6-4-3-5-18(17)20)24(31)34-14-11-28-9-12-32-13-10-28;;/h3-6,16,19,21,26H,2,7-15,25H2,1H3,(H,27,29);2*1H/t19-,21-;;/m1../s1. The molecule has 0 aliphatic carbocycles. The van der Waals surface area contributed by atoms with Crippen molar-refractivity contribution in [1.29, 1.82) is 0 Å². The second-order valence-corrected chi connectivity index (χ2v) is 8.20.